The Morgan fingerprint density at radius 3 is 2.31 bits per heavy atom. The Morgan fingerprint density at radius 2 is 1.71 bits per heavy atom. The summed E-state index contributed by atoms with van der Waals surface area (Å²) in [5.41, 5.74) is 0.678. The molecule has 7 rings (SSSR count). The van der Waals surface area contributed by atoms with Crippen LogP contribution in [0.15, 0.2) is 54.7 Å². The van der Waals surface area contributed by atoms with Crippen LogP contribution in [0.2, 0.25) is 0 Å². The monoisotopic (exact) mass is 482 g/mol. The number of carbonyl (C=O) groups is 2. The van der Waals surface area contributed by atoms with Crippen LogP contribution in [0.5, 0.6) is 0 Å². The molecule has 182 valence electrons. The summed E-state index contributed by atoms with van der Waals surface area (Å²) in [6.45, 7) is 0.350. The highest BCUT2D eigenvalue weighted by atomic mass is 19.4. The van der Waals surface area contributed by atoms with Crippen molar-refractivity contribution < 1.29 is 27.5 Å². The Kier molecular flexibility index (Phi) is 4.51. The van der Waals surface area contributed by atoms with Gasteiger partial charge in [-0.15, -0.1) is 0 Å². The summed E-state index contributed by atoms with van der Waals surface area (Å²) >= 11 is 0. The number of hydrogen-bond acceptors (Lipinski definition) is 3. The van der Waals surface area contributed by atoms with E-state index >= 15 is 0 Å². The topological polar surface area (TPSA) is 60.3 Å². The zero-order valence-electron chi connectivity index (χ0n) is 19.2. The molecule has 1 heterocycles. The van der Waals surface area contributed by atoms with Gasteiger partial charge in [-0.1, -0.05) is 24.3 Å². The molecule has 1 aromatic heterocycles. The largest absolute Gasteiger partial charge is 0.469 e. The quantitative estimate of drug-likeness (QED) is 0.484. The van der Waals surface area contributed by atoms with Gasteiger partial charge < -0.3 is 14.6 Å². The molecule has 1 N–H and O–H groups in total. The van der Waals surface area contributed by atoms with Gasteiger partial charge in [0.1, 0.15) is 0 Å². The molecular weight excluding hydrogens is 457 g/mol. The third-order valence-electron chi connectivity index (χ3n) is 8.43. The maximum Gasteiger partial charge on any atom is 0.416 e. The van der Waals surface area contributed by atoms with Crippen molar-refractivity contribution in [1.82, 2.24) is 9.88 Å². The van der Waals surface area contributed by atoms with E-state index in [1.54, 1.807) is 6.07 Å². The smallest absolute Gasteiger partial charge is 0.416 e. The van der Waals surface area contributed by atoms with E-state index in [2.05, 4.69) is 5.32 Å². The van der Waals surface area contributed by atoms with Crippen LogP contribution in [0, 0.1) is 10.8 Å². The Labute approximate surface area is 200 Å². The fraction of sp³-hybridized carbons (Fsp3) is 0.407. The third kappa shape index (κ3) is 3.22. The van der Waals surface area contributed by atoms with E-state index in [9.17, 15) is 22.8 Å². The van der Waals surface area contributed by atoms with Crippen molar-refractivity contribution in [2.75, 3.05) is 7.11 Å². The molecule has 0 saturated heterocycles. The first-order chi connectivity index (χ1) is 16.6. The highest BCUT2D eigenvalue weighted by molar-refractivity contribution is 6.06. The van der Waals surface area contributed by atoms with E-state index < -0.39 is 11.7 Å². The molecule has 4 aliphatic carbocycles. The van der Waals surface area contributed by atoms with Crippen LogP contribution < -0.4 is 5.32 Å². The molecule has 0 aliphatic heterocycles. The van der Waals surface area contributed by atoms with E-state index in [-0.39, 0.29) is 28.2 Å². The molecule has 4 saturated carbocycles. The van der Waals surface area contributed by atoms with Crippen molar-refractivity contribution in [2.24, 2.45) is 10.8 Å². The van der Waals surface area contributed by atoms with E-state index in [1.165, 1.54) is 19.2 Å². The first-order valence-corrected chi connectivity index (χ1v) is 11.8. The van der Waals surface area contributed by atoms with E-state index in [0.29, 0.717) is 17.7 Å². The molecule has 0 unspecified atom stereocenters. The van der Waals surface area contributed by atoms with Crippen LogP contribution >= 0.6 is 0 Å². The number of esters is 1. The Hall–Kier alpha value is -3.29. The predicted molar refractivity (Wildman–Crippen MR) is 123 cm³/mol. The van der Waals surface area contributed by atoms with Gasteiger partial charge in [0.15, 0.2) is 0 Å². The Balaban J connectivity index is 1.23. The number of aromatic nitrogens is 1. The molecule has 0 atom stereocenters. The summed E-state index contributed by atoms with van der Waals surface area (Å²) in [4.78, 5) is 25.6. The van der Waals surface area contributed by atoms with E-state index in [1.807, 2.05) is 29.0 Å². The number of amides is 1. The third-order valence-corrected chi connectivity index (χ3v) is 8.43. The molecule has 8 heteroatoms. The summed E-state index contributed by atoms with van der Waals surface area (Å²) < 4.78 is 45.6. The van der Waals surface area contributed by atoms with Crippen molar-refractivity contribution in [1.29, 1.82) is 0 Å². The van der Waals surface area contributed by atoms with Gasteiger partial charge in [0, 0.05) is 23.7 Å². The molecular formula is C27H25F3N2O3. The second-order valence-corrected chi connectivity index (χ2v) is 10.5. The lowest BCUT2D eigenvalue weighted by Gasteiger charge is -2.71. The average molecular weight is 483 g/mol. The van der Waals surface area contributed by atoms with Crippen molar-refractivity contribution in [3.8, 4) is 0 Å². The number of halogens is 3. The van der Waals surface area contributed by atoms with Crippen LogP contribution in [0.3, 0.4) is 0 Å². The van der Waals surface area contributed by atoms with Crippen molar-refractivity contribution in [2.45, 2.75) is 50.4 Å². The number of alkyl halides is 3. The zero-order valence-corrected chi connectivity index (χ0v) is 19.2. The van der Waals surface area contributed by atoms with Crippen LogP contribution in [-0.4, -0.2) is 29.1 Å². The number of hydrogen-bond donors (Lipinski definition) is 1. The summed E-state index contributed by atoms with van der Waals surface area (Å²) in [5.74, 6) is -0.301. The van der Waals surface area contributed by atoms with Gasteiger partial charge in [-0.05, 0) is 67.3 Å². The molecule has 0 spiro atoms. The molecule has 2 bridgehead atoms. The Bertz CT molecular complexity index is 1330. The lowest BCUT2D eigenvalue weighted by Crippen LogP contribution is -2.73. The highest BCUT2D eigenvalue weighted by Crippen LogP contribution is 2.81. The minimum absolute atomic E-state index is 0.0209. The van der Waals surface area contributed by atoms with Gasteiger partial charge in [0.05, 0.1) is 29.2 Å². The van der Waals surface area contributed by atoms with E-state index in [0.717, 1.165) is 55.1 Å². The average Bonchev–Trinajstić information content (AvgIpc) is 3.42. The number of nitrogens with one attached hydrogen (secondary N) is 1. The Morgan fingerprint density at radius 1 is 1.03 bits per heavy atom. The first-order valence-electron chi connectivity index (χ1n) is 11.8. The molecule has 1 amide bonds. The van der Waals surface area contributed by atoms with Gasteiger partial charge in [0.25, 0.3) is 5.91 Å². The standard InChI is InChI=1S/C27H25F3N2O3/c1-35-23(34)24-14-25(15-24,16-24)26(10-11-26)31-22(33)20-4-2-3-18-9-12-32(21(18)20)13-17-5-7-19(8-6-17)27(28,29)30/h2-9,12H,10-11,13-16H2,1H3,(H,31,33). The SMILES string of the molecule is COC(=O)C12CC(C3(NC(=O)c4cccc5ccn(Cc6ccc(C(F)(F)F)cc6)c45)CC3)(C1)C2. The highest BCUT2D eigenvalue weighted by Gasteiger charge is 2.81. The summed E-state index contributed by atoms with van der Waals surface area (Å²) in [7, 11) is 1.42. The van der Waals surface area contributed by atoms with Gasteiger partial charge in [-0.3, -0.25) is 9.59 Å². The molecule has 0 radical (unpaired) electrons. The maximum absolute atomic E-state index is 13.5. The van der Waals surface area contributed by atoms with E-state index in [4.69, 9.17) is 4.74 Å². The number of methoxy groups -OCH3 is 1. The first kappa shape index (κ1) is 22.2. The van der Waals surface area contributed by atoms with Crippen molar-refractivity contribution in [3.05, 3.63) is 71.4 Å². The lowest BCUT2D eigenvalue weighted by atomic mass is 9.32. The van der Waals surface area contributed by atoms with Crippen LogP contribution in [0.1, 0.15) is 53.6 Å². The predicted octanol–water partition coefficient (Wildman–Crippen LogP) is 5.31. The van der Waals surface area contributed by atoms with Crippen molar-refractivity contribution >= 4 is 22.8 Å². The summed E-state index contributed by atoms with van der Waals surface area (Å²) in [6, 6.07) is 12.6. The molecule has 3 aromatic rings. The normalized spacial score (nSPS) is 25.9. The van der Waals surface area contributed by atoms with Crippen LogP contribution in [0.25, 0.3) is 10.9 Å². The van der Waals surface area contributed by atoms with Gasteiger partial charge in [0.2, 0.25) is 0 Å². The second kappa shape index (κ2) is 7.12. The molecule has 35 heavy (non-hydrogen) atoms. The number of nitrogens with zero attached hydrogens (tertiary/aromatic N) is 1. The number of para-hydroxylation sites is 1. The van der Waals surface area contributed by atoms with Crippen LogP contribution in [-0.2, 0) is 22.3 Å². The zero-order chi connectivity index (χ0) is 24.6. The number of carbonyl (C=O) groups excluding carboxylic acids is 2. The molecule has 4 aliphatic rings. The van der Waals surface area contributed by atoms with Crippen LogP contribution in [0.4, 0.5) is 13.2 Å². The van der Waals surface area contributed by atoms with Gasteiger partial charge in [-0.2, -0.15) is 13.2 Å². The minimum Gasteiger partial charge on any atom is -0.469 e. The van der Waals surface area contributed by atoms with Gasteiger partial charge >= 0.3 is 12.1 Å². The second-order valence-electron chi connectivity index (χ2n) is 10.5. The fourth-order valence-corrected chi connectivity index (χ4v) is 6.50. The molecule has 4 fully saturated rings. The number of ether oxygens (including phenoxy) is 1. The number of benzene rings is 2. The van der Waals surface area contributed by atoms with Gasteiger partial charge in [-0.25, -0.2) is 0 Å². The summed E-state index contributed by atoms with van der Waals surface area (Å²) in [6.07, 6.45) is 1.58. The molecule has 5 nitrogen and oxygen atoms in total. The minimum atomic E-state index is -4.38. The summed E-state index contributed by atoms with van der Waals surface area (Å²) in [5, 5.41) is 4.20. The number of rotatable bonds is 6. The lowest BCUT2D eigenvalue weighted by molar-refractivity contribution is -0.239. The fourth-order valence-electron chi connectivity index (χ4n) is 6.50. The molecule has 2 aromatic carbocycles. The van der Waals surface area contributed by atoms with Crippen molar-refractivity contribution in [3.63, 3.8) is 0 Å². The number of fused-ring (bicyclic) bond motifs is 1. The maximum atomic E-state index is 13.5.